The van der Waals surface area contributed by atoms with E-state index in [2.05, 4.69) is 0 Å². The average Bonchev–Trinajstić information content (AvgIpc) is 2.82. The van der Waals surface area contributed by atoms with Gasteiger partial charge in [0.15, 0.2) is 18.1 Å². The van der Waals surface area contributed by atoms with Gasteiger partial charge in [-0.15, -0.1) is 0 Å². The second-order valence-electron chi connectivity index (χ2n) is 7.19. The minimum Gasteiger partial charge on any atom is -0.493 e. The van der Waals surface area contributed by atoms with Crippen LogP contribution in [0.15, 0.2) is 66.7 Å². The summed E-state index contributed by atoms with van der Waals surface area (Å²) in [6.07, 6.45) is 1.73. The topological polar surface area (TPSA) is 79.6 Å². The number of carbonyl (C=O) groups is 2. The van der Waals surface area contributed by atoms with Crippen molar-refractivity contribution in [2.45, 2.75) is 6.92 Å². The van der Waals surface area contributed by atoms with Crippen LogP contribution < -0.4 is 14.4 Å². The first-order valence-electron chi connectivity index (χ1n) is 9.98. The molecular weight excluding hydrogens is 404 g/mol. The van der Waals surface area contributed by atoms with Gasteiger partial charge in [-0.2, -0.15) is 5.26 Å². The van der Waals surface area contributed by atoms with Crippen LogP contribution in [0.2, 0.25) is 0 Å². The number of methoxy groups -OCH3 is 1. The van der Waals surface area contributed by atoms with Gasteiger partial charge in [-0.25, -0.2) is 4.90 Å². The molecule has 2 amide bonds. The summed E-state index contributed by atoms with van der Waals surface area (Å²) in [5.41, 5.74) is 3.52. The lowest BCUT2D eigenvalue weighted by Crippen LogP contribution is -2.42. The third-order valence-corrected chi connectivity index (χ3v) is 5.23. The maximum Gasteiger partial charge on any atom is 0.265 e. The summed E-state index contributed by atoms with van der Waals surface area (Å²) >= 11 is 0. The molecule has 0 saturated carbocycles. The molecule has 1 aliphatic rings. The van der Waals surface area contributed by atoms with Gasteiger partial charge < -0.3 is 9.47 Å². The monoisotopic (exact) mass is 424 g/mol. The van der Waals surface area contributed by atoms with Gasteiger partial charge in [-0.05, 0) is 54.0 Å². The zero-order valence-corrected chi connectivity index (χ0v) is 17.7. The number of fused-ring (bicyclic) bond motifs is 1. The first-order chi connectivity index (χ1) is 15.5. The van der Waals surface area contributed by atoms with Crippen LogP contribution >= 0.6 is 0 Å². The van der Waals surface area contributed by atoms with Crippen molar-refractivity contribution in [3.05, 3.63) is 89.0 Å². The number of imide groups is 1. The number of anilines is 1. The first-order valence-corrected chi connectivity index (χ1v) is 9.98. The van der Waals surface area contributed by atoms with Crippen molar-refractivity contribution in [1.82, 2.24) is 0 Å². The highest BCUT2D eigenvalue weighted by Gasteiger charge is 2.36. The molecule has 1 aliphatic heterocycles. The van der Waals surface area contributed by atoms with Gasteiger partial charge >= 0.3 is 0 Å². The van der Waals surface area contributed by atoms with Gasteiger partial charge in [0.1, 0.15) is 6.07 Å². The van der Waals surface area contributed by atoms with Crippen LogP contribution in [0.5, 0.6) is 11.5 Å². The molecule has 3 aromatic rings. The molecule has 4 rings (SSSR count). The van der Waals surface area contributed by atoms with Crippen molar-refractivity contribution < 1.29 is 19.1 Å². The number of ether oxygens (including phenoxy) is 2. The van der Waals surface area contributed by atoms with E-state index in [0.29, 0.717) is 39.4 Å². The standard InChI is InChI=1S/C26H20N2O4/c1-17-7-3-6-10-22(17)28-25(29)20-9-5-4-8-19(20)21(26(28)30)15-18-11-12-23(32-14-13-27)24(16-18)31-2/h3-12,15-16H,14H2,1-2H3/b21-15-. The Morgan fingerprint density at radius 2 is 1.66 bits per heavy atom. The third-order valence-electron chi connectivity index (χ3n) is 5.23. The Hall–Kier alpha value is -4.37. The fourth-order valence-electron chi connectivity index (χ4n) is 3.70. The van der Waals surface area contributed by atoms with Crippen LogP contribution in [0.1, 0.15) is 27.0 Å². The van der Waals surface area contributed by atoms with Crippen molar-refractivity contribution in [1.29, 1.82) is 5.26 Å². The maximum atomic E-state index is 13.6. The molecule has 0 bridgehead atoms. The maximum absolute atomic E-state index is 13.6. The van der Waals surface area contributed by atoms with Crippen LogP contribution in [0, 0.1) is 18.3 Å². The highest BCUT2D eigenvalue weighted by molar-refractivity contribution is 6.43. The number of carbonyl (C=O) groups excluding carboxylic acids is 2. The first kappa shape index (κ1) is 20.9. The van der Waals surface area contributed by atoms with Crippen molar-refractivity contribution in [2.24, 2.45) is 0 Å². The van der Waals surface area contributed by atoms with Gasteiger partial charge in [0, 0.05) is 11.1 Å². The molecule has 0 spiro atoms. The number of aryl methyl sites for hydroxylation is 1. The van der Waals surface area contributed by atoms with Crippen molar-refractivity contribution in [3.63, 3.8) is 0 Å². The van der Waals surface area contributed by atoms with E-state index in [1.165, 1.54) is 12.0 Å². The Morgan fingerprint density at radius 1 is 0.938 bits per heavy atom. The molecule has 0 aliphatic carbocycles. The van der Waals surface area contributed by atoms with Crippen molar-refractivity contribution in [3.8, 4) is 17.6 Å². The molecule has 0 N–H and O–H groups in total. The number of hydrogen-bond acceptors (Lipinski definition) is 5. The number of nitriles is 1. The second-order valence-corrected chi connectivity index (χ2v) is 7.19. The molecule has 6 heteroatoms. The molecule has 6 nitrogen and oxygen atoms in total. The summed E-state index contributed by atoms with van der Waals surface area (Å²) in [6, 6.07) is 21.5. The third kappa shape index (κ3) is 3.72. The highest BCUT2D eigenvalue weighted by Crippen LogP contribution is 2.36. The summed E-state index contributed by atoms with van der Waals surface area (Å²) < 4.78 is 10.8. The molecule has 3 aromatic carbocycles. The fourth-order valence-corrected chi connectivity index (χ4v) is 3.70. The smallest absolute Gasteiger partial charge is 0.265 e. The lowest BCUT2D eigenvalue weighted by atomic mass is 9.91. The van der Waals surface area contributed by atoms with Crippen molar-refractivity contribution in [2.75, 3.05) is 18.6 Å². The number of benzene rings is 3. The molecule has 32 heavy (non-hydrogen) atoms. The summed E-state index contributed by atoms with van der Waals surface area (Å²) in [7, 11) is 1.51. The van der Waals surface area contributed by atoms with Gasteiger partial charge in [0.05, 0.1) is 12.8 Å². The zero-order chi connectivity index (χ0) is 22.7. The summed E-state index contributed by atoms with van der Waals surface area (Å²) in [6.45, 7) is 1.76. The van der Waals surface area contributed by atoms with E-state index in [1.54, 1.807) is 60.7 Å². The number of rotatable bonds is 5. The van der Waals surface area contributed by atoms with E-state index in [0.717, 1.165) is 5.56 Å². The van der Waals surface area contributed by atoms with E-state index in [4.69, 9.17) is 14.7 Å². The lowest BCUT2D eigenvalue weighted by Gasteiger charge is -2.29. The zero-order valence-electron chi connectivity index (χ0n) is 17.7. The second kappa shape index (κ2) is 8.78. The number of para-hydroxylation sites is 1. The molecule has 0 unspecified atom stereocenters. The van der Waals surface area contributed by atoms with E-state index >= 15 is 0 Å². The van der Waals surface area contributed by atoms with Gasteiger partial charge in [-0.1, -0.05) is 42.5 Å². The van der Waals surface area contributed by atoms with Crippen LogP contribution in [0.25, 0.3) is 11.6 Å². The molecule has 1 heterocycles. The summed E-state index contributed by atoms with van der Waals surface area (Å²) in [4.78, 5) is 28.0. The number of nitrogens with zero attached hydrogens (tertiary/aromatic N) is 2. The summed E-state index contributed by atoms with van der Waals surface area (Å²) in [5.74, 6) is 0.128. The van der Waals surface area contributed by atoms with Gasteiger partial charge in [0.2, 0.25) is 0 Å². The van der Waals surface area contributed by atoms with Crippen LogP contribution in [-0.2, 0) is 4.79 Å². The van der Waals surface area contributed by atoms with Crippen LogP contribution in [0.4, 0.5) is 5.69 Å². The molecule has 0 saturated heterocycles. The largest absolute Gasteiger partial charge is 0.493 e. The predicted molar refractivity (Wildman–Crippen MR) is 121 cm³/mol. The Labute approximate surface area is 185 Å². The summed E-state index contributed by atoms with van der Waals surface area (Å²) in [5, 5.41) is 8.75. The number of amides is 2. The molecular formula is C26H20N2O4. The fraction of sp³-hybridized carbons (Fsp3) is 0.115. The average molecular weight is 424 g/mol. The Morgan fingerprint density at radius 3 is 2.38 bits per heavy atom. The Kier molecular flexibility index (Phi) is 5.73. The van der Waals surface area contributed by atoms with Crippen molar-refractivity contribution >= 4 is 29.2 Å². The molecule has 0 atom stereocenters. The molecule has 0 radical (unpaired) electrons. The quantitative estimate of drug-likeness (QED) is 0.441. The van der Waals surface area contributed by atoms with E-state index < -0.39 is 5.91 Å². The molecule has 0 fully saturated rings. The van der Waals surface area contributed by atoms with Crippen LogP contribution in [-0.4, -0.2) is 25.5 Å². The van der Waals surface area contributed by atoms with Gasteiger partial charge in [-0.3, -0.25) is 9.59 Å². The Bertz CT molecular complexity index is 1290. The van der Waals surface area contributed by atoms with Gasteiger partial charge in [0.25, 0.3) is 11.8 Å². The lowest BCUT2D eigenvalue weighted by molar-refractivity contribution is -0.112. The van der Waals surface area contributed by atoms with E-state index in [1.807, 2.05) is 25.1 Å². The van der Waals surface area contributed by atoms with Crippen LogP contribution in [0.3, 0.4) is 0 Å². The Balaban J connectivity index is 1.84. The SMILES string of the molecule is COc1cc(/C=C2\C(=O)N(c3ccccc3C)C(=O)c3ccccc32)ccc1OCC#N. The molecule has 158 valence electrons. The predicted octanol–water partition coefficient (Wildman–Crippen LogP) is 4.63. The van der Waals surface area contributed by atoms with E-state index in [9.17, 15) is 9.59 Å². The number of hydrogen-bond donors (Lipinski definition) is 0. The normalized spacial score (nSPS) is 14.2. The highest BCUT2D eigenvalue weighted by atomic mass is 16.5. The minimum atomic E-state index is -0.397. The molecule has 0 aromatic heterocycles. The minimum absolute atomic E-state index is 0.101. The van der Waals surface area contributed by atoms with E-state index in [-0.39, 0.29) is 12.5 Å².